The van der Waals surface area contributed by atoms with Gasteiger partial charge in [0.25, 0.3) is 5.88 Å². The fourth-order valence-electron chi connectivity index (χ4n) is 1.53. The van der Waals surface area contributed by atoms with Gasteiger partial charge >= 0.3 is 11.2 Å². The lowest BCUT2D eigenvalue weighted by molar-refractivity contribution is -0.387. The summed E-state index contributed by atoms with van der Waals surface area (Å²) in [7, 11) is 0. The van der Waals surface area contributed by atoms with Crippen LogP contribution in [0.2, 0.25) is 10.0 Å². The average molecular weight is 328 g/mol. The van der Waals surface area contributed by atoms with Crippen LogP contribution >= 0.6 is 23.2 Å². The fraction of sp³-hybridized carbons (Fsp3) is 0. The van der Waals surface area contributed by atoms with E-state index in [1.807, 2.05) is 0 Å². The van der Waals surface area contributed by atoms with Crippen LogP contribution in [0, 0.1) is 10.1 Å². The maximum atomic E-state index is 11.5. The molecule has 0 aliphatic heterocycles. The number of benzene rings is 1. The summed E-state index contributed by atoms with van der Waals surface area (Å²) in [5, 5.41) is 20.6. The molecule has 2 N–H and O–H groups in total. The van der Waals surface area contributed by atoms with Crippen molar-refractivity contribution in [3.8, 4) is 5.88 Å². The van der Waals surface area contributed by atoms with E-state index in [4.69, 9.17) is 23.2 Å². The summed E-state index contributed by atoms with van der Waals surface area (Å²) in [4.78, 5) is 26.7. The molecular weight excluding hydrogens is 321 g/mol. The second kappa shape index (κ2) is 5.94. The van der Waals surface area contributed by atoms with Crippen LogP contribution in [0.4, 0.5) is 5.69 Å². The van der Waals surface area contributed by atoms with Gasteiger partial charge in [0.15, 0.2) is 0 Å². The van der Waals surface area contributed by atoms with Gasteiger partial charge in [0.2, 0.25) is 0 Å². The molecule has 2 aromatic rings. The number of aromatic hydroxyl groups is 1. The second-order valence-electron chi connectivity index (χ2n) is 3.86. The Kier molecular flexibility index (Phi) is 4.25. The summed E-state index contributed by atoms with van der Waals surface area (Å²) in [5.74, 6) is -1.01. The summed E-state index contributed by atoms with van der Waals surface area (Å²) in [6, 6.07) is 4.96. The molecule has 0 saturated heterocycles. The Morgan fingerprint density at radius 1 is 1.33 bits per heavy atom. The van der Waals surface area contributed by atoms with E-state index in [2.05, 4.69) is 9.97 Å². The van der Waals surface area contributed by atoms with Crippen LogP contribution in [0.15, 0.2) is 23.0 Å². The third-order valence-electron chi connectivity index (χ3n) is 2.48. The standard InChI is InChI=1S/C12H7Cl2N3O4/c13-7-3-1-2-6(9(7)14)4-5-8-15-11(18)10(17(20)21)12(19)16-8/h1-5H,(H2,15,16,18,19). The van der Waals surface area contributed by atoms with Crippen molar-refractivity contribution < 1.29 is 10.0 Å². The van der Waals surface area contributed by atoms with E-state index in [0.29, 0.717) is 15.6 Å². The van der Waals surface area contributed by atoms with Crippen molar-refractivity contribution in [2.75, 3.05) is 0 Å². The molecule has 108 valence electrons. The van der Waals surface area contributed by atoms with Crippen molar-refractivity contribution >= 4 is 41.0 Å². The molecule has 1 aromatic carbocycles. The molecule has 7 nitrogen and oxygen atoms in total. The Balaban J connectivity index is 2.41. The van der Waals surface area contributed by atoms with Gasteiger partial charge in [-0.25, -0.2) is 0 Å². The highest BCUT2D eigenvalue weighted by Gasteiger charge is 2.21. The lowest BCUT2D eigenvalue weighted by atomic mass is 10.2. The van der Waals surface area contributed by atoms with Crippen molar-refractivity contribution in [3.05, 3.63) is 60.1 Å². The zero-order chi connectivity index (χ0) is 15.6. The van der Waals surface area contributed by atoms with Crippen LogP contribution in [0.25, 0.3) is 12.2 Å². The molecule has 9 heteroatoms. The van der Waals surface area contributed by atoms with Crippen LogP contribution in [0.1, 0.15) is 11.4 Å². The molecule has 0 spiro atoms. The third kappa shape index (κ3) is 3.21. The van der Waals surface area contributed by atoms with E-state index in [0.717, 1.165) is 0 Å². The third-order valence-corrected chi connectivity index (χ3v) is 3.31. The molecule has 2 rings (SSSR count). The number of nitro groups is 1. The minimum Gasteiger partial charge on any atom is -0.488 e. The molecule has 0 saturated carbocycles. The Hall–Kier alpha value is -2.38. The van der Waals surface area contributed by atoms with Crippen molar-refractivity contribution in [1.82, 2.24) is 9.97 Å². The van der Waals surface area contributed by atoms with Crippen LogP contribution in [-0.2, 0) is 0 Å². The number of aromatic amines is 1. The fourth-order valence-corrected chi connectivity index (χ4v) is 1.90. The van der Waals surface area contributed by atoms with E-state index in [-0.39, 0.29) is 5.82 Å². The summed E-state index contributed by atoms with van der Waals surface area (Å²) in [5.41, 5.74) is -1.50. The minimum absolute atomic E-state index is 0.0563. The van der Waals surface area contributed by atoms with Gasteiger partial charge in [-0.3, -0.25) is 14.9 Å². The molecule has 0 amide bonds. The van der Waals surface area contributed by atoms with Crippen molar-refractivity contribution in [1.29, 1.82) is 0 Å². The van der Waals surface area contributed by atoms with Gasteiger partial charge < -0.3 is 10.1 Å². The van der Waals surface area contributed by atoms with E-state index >= 15 is 0 Å². The lowest BCUT2D eigenvalue weighted by Crippen LogP contribution is -2.14. The molecule has 0 aliphatic rings. The van der Waals surface area contributed by atoms with Gasteiger partial charge in [0.1, 0.15) is 5.82 Å². The number of nitrogens with one attached hydrogen (secondary N) is 1. The van der Waals surface area contributed by atoms with Crippen molar-refractivity contribution in [3.63, 3.8) is 0 Å². The second-order valence-corrected chi connectivity index (χ2v) is 4.64. The van der Waals surface area contributed by atoms with Gasteiger partial charge in [-0.05, 0) is 23.8 Å². The zero-order valence-corrected chi connectivity index (χ0v) is 11.7. The highest BCUT2D eigenvalue weighted by Crippen LogP contribution is 2.27. The summed E-state index contributed by atoms with van der Waals surface area (Å²) >= 11 is 11.8. The number of halogens is 2. The Labute approximate surface area is 127 Å². The molecular formula is C12H7Cl2N3O4. The van der Waals surface area contributed by atoms with Gasteiger partial charge in [-0.1, -0.05) is 35.3 Å². The molecule has 0 unspecified atom stereocenters. The number of aromatic nitrogens is 2. The first-order valence-corrected chi connectivity index (χ1v) is 6.25. The first-order chi connectivity index (χ1) is 9.90. The molecule has 1 aromatic heterocycles. The molecule has 0 bridgehead atoms. The zero-order valence-electron chi connectivity index (χ0n) is 10.2. The van der Waals surface area contributed by atoms with Crippen LogP contribution in [-0.4, -0.2) is 20.0 Å². The molecule has 0 atom stereocenters. The van der Waals surface area contributed by atoms with E-state index in [1.54, 1.807) is 18.2 Å². The summed E-state index contributed by atoms with van der Waals surface area (Å²) in [6.45, 7) is 0. The monoisotopic (exact) mass is 327 g/mol. The van der Waals surface area contributed by atoms with Crippen molar-refractivity contribution in [2.45, 2.75) is 0 Å². The van der Waals surface area contributed by atoms with Crippen LogP contribution in [0.3, 0.4) is 0 Å². The predicted octanol–water partition coefficient (Wildman–Crippen LogP) is 2.86. The van der Waals surface area contributed by atoms with Gasteiger partial charge in [-0.15, -0.1) is 0 Å². The maximum absolute atomic E-state index is 11.5. The summed E-state index contributed by atoms with van der Waals surface area (Å²) in [6.07, 6.45) is 2.83. The number of nitrogens with zero attached hydrogens (tertiary/aromatic N) is 2. The topological polar surface area (TPSA) is 109 Å². The number of H-pyrrole nitrogens is 1. The van der Waals surface area contributed by atoms with Crippen molar-refractivity contribution in [2.24, 2.45) is 0 Å². The SMILES string of the molecule is O=c1[nH]c(C=Cc2cccc(Cl)c2Cl)nc(O)c1[N+](=O)[O-]. The van der Waals surface area contributed by atoms with Gasteiger partial charge in [-0.2, -0.15) is 4.98 Å². The number of rotatable bonds is 3. The first kappa shape index (κ1) is 15.0. The Morgan fingerprint density at radius 2 is 2.05 bits per heavy atom. The Morgan fingerprint density at radius 3 is 2.67 bits per heavy atom. The van der Waals surface area contributed by atoms with Gasteiger partial charge in [0.05, 0.1) is 15.0 Å². The van der Waals surface area contributed by atoms with Gasteiger partial charge in [0, 0.05) is 0 Å². The first-order valence-electron chi connectivity index (χ1n) is 5.50. The van der Waals surface area contributed by atoms with E-state index in [1.165, 1.54) is 12.2 Å². The van der Waals surface area contributed by atoms with E-state index < -0.39 is 22.0 Å². The maximum Gasteiger partial charge on any atom is 0.395 e. The lowest BCUT2D eigenvalue weighted by Gasteiger charge is -2.00. The minimum atomic E-state index is -1.05. The molecule has 0 radical (unpaired) electrons. The Bertz CT molecular complexity index is 802. The smallest absolute Gasteiger partial charge is 0.395 e. The molecule has 1 heterocycles. The summed E-state index contributed by atoms with van der Waals surface area (Å²) < 4.78 is 0. The van der Waals surface area contributed by atoms with Crippen LogP contribution < -0.4 is 5.56 Å². The predicted molar refractivity (Wildman–Crippen MR) is 78.6 cm³/mol. The molecule has 21 heavy (non-hydrogen) atoms. The number of hydrogen-bond acceptors (Lipinski definition) is 5. The quantitative estimate of drug-likeness (QED) is 0.665. The van der Waals surface area contributed by atoms with Crippen LogP contribution in [0.5, 0.6) is 5.88 Å². The molecule has 0 fully saturated rings. The average Bonchev–Trinajstić information content (AvgIpc) is 2.39. The number of hydrogen-bond donors (Lipinski definition) is 2. The highest BCUT2D eigenvalue weighted by atomic mass is 35.5. The van der Waals surface area contributed by atoms with E-state index in [9.17, 15) is 20.0 Å². The molecule has 0 aliphatic carbocycles. The normalized spacial score (nSPS) is 11.0. The largest absolute Gasteiger partial charge is 0.488 e. The highest BCUT2D eigenvalue weighted by molar-refractivity contribution is 6.42.